The van der Waals surface area contributed by atoms with Crippen LogP contribution < -0.4 is 0 Å². The van der Waals surface area contributed by atoms with Crippen LogP contribution in [0.4, 0.5) is 17.2 Å². The third-order valence-electron chi connectivity index (χ3n) is 4.89. The lowest BCUT2D eigenvalue weighted by atomic mass is 10.1. The van der Waals surface area contributed by atoms with E-state index >= 15 is 0 Å². The van der Waals surface area contributed by atoms with Gasteiger partial charge in [0, 0.05) is 28.5 Å². The quantitative estimate of drug-likeness (QED) is 0.0454. The number of phosphoric ester groups is 1. The van der Waals surface area contributed by atoms with Crippen LogP contribution in [0.5, 0.6) is 5.75 Å². The average molecular weight is 590 g/mol. The minimum absolute atomic E-state index is 0.142. The van der Waals surface area contributed by atoms with Crippen LogP contribution in [0.25, 0.3) is 10.8 Å². The van der Waals surface area contributed by atoms with Gasteiger partial charge in [0.25, 0.3) is 15.8 Å². The van der Waals surface area contributed by atoms with Crippen LogP contribution in [0.3, 0.4) is 0 Å². The summed E-state index contributed by atoms with van der Waals surface area (Å²) in [5.74, 6) is -1.12. The van der Waals surface area contributed by atoms with Crippen molar-refractivity contribution in [1.29, 1.82) is 0 Å². The normalized spacial score (nSPS) is 12.4. The number of nitrogens with zero attached hydrogens (tertiary/aromatic N) is 4. The molecular weight excluding hydrogens is 575 g/mol. The molecular formula is C18H15N4O13PS2. The summed E-state index contributed by atoms with van der Waals surface area (Å²) in [5.41, 5.74) is -2.23. The predicted molar refractivity (Wildman–Crippen MR) is 126 cm³/mol. The largest absolute Gasteiger partial charge is 0.505 e. The maximum atomic E-state index is 11.9. The molecule has 0 unspecified atom stereocenters. The van der Waals surface area contributed by atoms with Crippen molar-refractivity contribution >= 4 is 62.9 Å². The summed E-state index contributed by atoms with van der Waals surface area (Å²) in [6, 6.07) is 3.10. The number of aldehydes is 1. The van der Waals surface area contributed by atoms with Crippen molar-refractivity contribution in [2.75, 3.05) is 0 Å². The van der Waals surface area contributed by atoms with Gasteiger partial charge >= 0.3 is 7.82 Å². The number of carbonyl (C=O) groups excluding carboxylic acids is 1. The molecule has 1 aromatic heterocycles. The second-order valence-corrected chi connectivity index (χ2v) is 11.0. The number of hydrogen-bond donors (Lipinski definition) is 5. The number of thiol groups is 1. The molecule has 0 aliphatic carbocycles. The minimum atomic E-state index is -5.10. The van der Waals surface area contributed by atoms with Crippen molar-refractivity contribution in [1.82, 2.24) is 4.98 Å². The van der Waals surface area contributed by atoms with Crippen molar-refractivity contribution in [3.05, 3.63) is 51.2 Å². The number of carbonyl (C=O) groups is 1. The van der Waals surface area contributed by atoms with Gasteiger partial charge < -0.3 is 14.9 Å². The first-order chi connectivity index (χ1) is 17.5. The lowest BCUT2D eigenvalue weighted by Gasteiger charge is -2.12. The molecule has 20 heteroatoms. The number of rotatable bonds is 9. The summed E-state index contributed by atoms with van der Waals surface area (Å²) >= 11 is 0. The fourth-order valence-corrected chi connectivity index (χ4v) is 4.88. The Balaban J connectivity index is 2.30. The van der Waals surface area contributed by atoms with Gasteiger partial charge in [-0.3, -0.25) is 24.0 Å². The van der Waals surface area contributed by atoms with Crippen LogP contribution >= 0.6 is 7.82 Å². The molecule has 0 amide bonds. The van der Waals surface area contributed by atoms with Gasteiger partial charge in [-0.15, -0.1) is 10.2 Å². The molecule has 3 aromatic rings. The Morgan fingerprint density at radius 1 is 1.18 bits per heavy atom. The summed E-state index contributed by atoms with van der Waals surface area (Å²) in [6.45, 7) is 0.302. The smallest absolute Gasteiger partial charge is 0.469 e. The zero-order chi connectivity index (χ0) is 28.6. The third kappa shape index (κ3) is 6.22. The van der Waals surface area contributed by atoms with Crippen LogP contribution in [-0.2, 0) is 36.5 Å². The summed E-state index contributed by atoms with van der Waals surface area (Å²) in [4.78, 5) is 42.0. The monoisotopic (exact) mass is 590 g/mol. The second-order valence-electron chi connectivity index (χ2n) is 7.34. The number of phosphoric acid groups is 1. The maximum Gasteiger partial charge on any atom is 0.469 e. The Bertz CT molecular complexity index is 1760. The number of fused-ring (bicyclic) bond motifs is 1. The maximum absolute atomic E-state index is 11.9. The molecule has 3 rings (SSSR count). The first-order valence-electron chi connectivity index (χ1n) is 9.71. The molecule has 4 N–H and O–H groups in total. The fraction of sp³-hybridized carbons (Fsp3) is 0.111. The van der Waals surface area contributed by atoms with Gasteiger partial charge in [-0.1, -0.05) is 0 Å². The molecule has 0 bridgehead atoms. The molecule has 1 heterocycles. The lowest BCUT2D eigenvalue weighted by molar-refractivity contribution is -0.384. The van der Waals surface area contributed by atoms with Gasteiger partial charge in [0.1, 0.15) is 10.6 Å². The highest BCUT2D eigenvalue weighted by Gasteiger charge is 2.24. The van der Waals surface area contributed by atoms with E-state index in [1.807, 2.05) is 0 Å². The third-order valence-corrected chi connectivity index (χ3v) is 7.01. The van der Waals surface area contributed by atoms with Gasteiger partial charge in [0.05, 0.1) is 33.4 Å². The van der Waals surface area contributed by atoms with Gasteiger partial charge in [-0.2, -0.15) is 8.42 Å². The fourth-order valence-electron chi connectivity index (χ4n) is 3.25. The topological polar surface area (TPSA) is 273 Å². The van der Waals surface area contributed by atoms with Crippen molar-refractivity contribution in [3.8, 4) is 5.75 Å². The Labute approximate surface area is 213 Å². The van der Waals surface area contributed by atoms with Crippen molar-refractivity contribution in [3.63, 3.8) is 0 Å². The SMILES string of the molecule is Cc1nc(/N=N/c2cc([SH](=O)=O)c3cc([N+](=O)[O-])cc(S(=O)(=O)O)c3c2)c(COP(=O)(O)O)c(C=O)c1O. The average Bonchev–Trinajstić information content (AvgIpc) is 2.80. The van der Waals surface area contributed by atoms with E-state index in [-0.39, 0.29) is 17.7 Å². The molecule has 2 aromatic carbocycles. The van der Waals surface area contributed by atoms with Gasteiger partial charge in [0.2, 0.25) is 0 Å². The molecule has 17 nitrogen and oxygen atoms in total. The van der Waals surface area contributed by atoms with E-state index < -0.39 is 89.1 Å². The van der Waals surface area contributed by atoms with E-state index in [4.69, 9.17) is 9.79 Å². The highest BCUT2D eigenvalue weighted by atomic mass is 32.2. The van der Waals surface area contributed by atoms with Crippen LogP contribution in [0.2, 0.25) is 0 Å². The number of aromatic hydroxyl groups is 1. The molecule has 0 fully saturated rings. The highest BCUT2D eigenvalue weighted by molar-refractivity contribution is 7.86. The summed E-state index contributed by atoms with van der Waals surface area (Å²) < 4.78 is 72.7. The number of pyridine rings is 1. The number of azo groups is 1. The van der Waals surface area contributed by atoms with E-state index in [0.717, 1.165) is 18.2 Å². The molecule has 0 atom stereocenters. The molecule has 0 aliphatic heterocycles. The number of nitro benzene ring substituents is 1. The van der Waals surface area contributed by atoms with Crippen LogP contribution in [-0.4, -0.2) is 52.5 Å². The number of benzene rings is 2. The molecule has 38 heavy (non-hydrogen) atoms. The first-order valence-corrected chi connectivity index (χ1v) is 13.9. The van der Waals surface area contributed by atoms with Crippen LogP contribution in [0.1, 0.15) is 21.6 Å². The van der Waals surface area contributed by atoms with E-state index in [1.165, 1.54) is 6.92 Å². The number of non-ortho nitro benzene ring substituents is 1. The van der Waals surface area contributed by atoms with E-state index in [2.05, 4.69) is 19.7 Å². The summed E-state index contributed by atoms with van der Waals surface area (Å²) in [5, 5.41) is 27.9. The molecule has 0 aliphatic rings. The molecule has 0 saturated carbocycles. The highest BCUT2D eigenvalue weighted by Crippen LogP contribution is 2.40. The second kappa shape index (κ2) is 10.6. The van der Waals surface area contributed by atoms with Crippen molar-refractivity contribution in [2.45, 2.75) is 23.3 Å². The number of hydrogen-bond acceptors (Lipinski definition) is 13. The zero-order valence-electron chi connectivity index (χ0n) is 18.6. The first kappa shape index (κ1) is 28.9. The number of nitro groups is 1. The predicted octanol–water partition coefficient (Wildman–Crippen LogP) is 2.21. The molecule has 0 saturated heterocycles. The molecule has 202 valence electrons. The standard InChI is InChI=1S/C18H15N4O13PS2/c1-8-17(24)13(6-23)14(7-35-36(27,28)29)18(19-8)21-20-9-2-12-11(15(3-9)37(30)31)4-10(22(25)26)5-16(12)38(32,33)34/h2-6,24,37H,7H2,1H3,(H2,27,28,29)(H,32,33,34)/b21-20+. The Morgan fingerprint density at radius 2 is 1.84 bits per heavy atom. The van der Waals surface area contributed by atoms with Gasteiger partial charge in [-0.05, 0) is 19.1 Å². The zero-order valence-corrected chi connectivity index (χ0v) is 21.3. The number of aryl methyl sites for hydroxylation is 1. The molecule has 0 radical (unpaired) electrons. The van der Waals surface area contributed by atoms with Crippen molar-refractivity contribution < 1.29 is 55.1 Å². The van der Waals surface area contributed by atoms with Gasteiger partial charge in [-0.25, -0.2) is 18.0 Å². The Hall–Kier alpha value is -3.71. The minimum Gasteiger partial charge on any atom is -0.505 e. The van der Waals surface area contributed by atoms with Crippen molar-refractivity contribution in [2.24, 2.45) is 10.2 Å². The summed E-state index contributed by atoms with van der Waals surface area (Å²) in [6.07, 6.45) is 0.142. The van der Waals surface area contributed by atoms with Gasteiger partial charge in [0.15, 0.2) is 22.8 Å². The van der Waals surface area contributed by atoms with Crippen LogP contribution in [0.15, 0.2) is 44.3 Å². The van der Waals surface area contributed by atoms with Crippen LogP contribution in [0, 0.1) is 17.0 Å². The summed E-state index contributed by atoms with van der Waals surface area (Å²) in [7, 11) is -13.7. The molecule has 0 spiro atoms. The van der Waals surface area contributed by atoms with E-state index in [0.29, 0.717) is 6.07 Å². The Kier molecular flexibility index (Phi) is 8.03. The Morgan fingerprint density at radius 3 is 2.37 bits per heavy atom. The lowest BCUT2D eigenvalue weighted by Crippen LogP contribution is -2.02. The van der Waals surface area contributed by atoms with E-state index in [9.17, 15) is 46.0 Å². The number of aromatic nitrogens is 1. The van der Waals surface area contributed by atoms with E-state index in [1.54, 1.807) is 0 Å².